The monoisotopic (exact) mass is 133 g/mol. The molecule has 0 aromatic carbocycles. The third kappa shape index (κ3) is 5.05. The molecule has 5 nitrogen and oxygen atoms in total. The minimum absolute atomic E-state index is 0.267. The summed E-state index contributed by atoms with van der Waals surface area (Å²) in [6, 6.07) is -0.639. The van der Waals surface area contributed by atoms with Crippen LogP contribution in [-0.4, -0.2) is 25.9 Å². The standard InChI is InChI=1S/C4H11N3O2/c1-9-2-3(5)7-4(6)8/h3H,2,5H2,1H3,(H3,6,7,8). The number of primary amides is 1. The molecule has 5 N–H and O–H groups in total. The molecule has 0 spiro atoms. The van der Waals surface area contributed by atoms with Crippen molar-refractivity contribution in [2.45, 2.75) is 6.17 Å². The molecule has 0 radical (unpaired) electrons. The fraction of sp³-hybridized carbons (Fsp3) is 0.750. The van der Waals surface area contributed by atoms with Gasteiger partial charge in [-0.25, -0.2) is 4.79 Å². The van der Waals surface area contributed by atoms with Gasteiger partial charge in [-0.3, -0.25) is 0 Å². The maximum Gasteiger partial charge on any atom is 0.313 e. The van der Waals surface area contributed by atoms with Crippen LogP contribution >= 0.6 is 0 Å². The van der Waals surface area contributed by atoms with Gasteiger partial charge in [0.05, 0.1) is 6.61 Å². The molecule has 1 atom stereocenters. The average Bonchev–Trinajstić information content (AvgIpc) is 1.63. The van der Waals surface area contributed by atoms with Crippen molar-refractivity contribution >= 4 is 6.03 Å². The van der Waals surface area contributed by atoms with Crippen LogP contribution in [0.1, 0.15) is 0 Å². The maximum atomic E-state index is 10.1. The number of carbonyl (C=O) groups is 1. The molecule has 0 aliphatic rings. The number of urea groups is 1. The summed E-state index contributed by atoms with van der Waals surface area (Å²) in [7, 11) is 1.49. The van der Waals surface area contributed by atoms with Gasteiger partial charge in [-0.2, -0.15) is 0 Å². The molecule has 0 fully saturated rings. The van der Waals surface area contributed by atoms with E-state index in [2.05, 4.69) is 10.1 Å². The van der Waals surface area contributed by atoms with Crippen LogP contribution in [0, 0.1) is 0 Å². The SMILES string of the molecule is COCC(N)NC(N)=O. The van der Waals surface area contributed by atoms with E-state index in [1.54, 1.807) is 0 Å². The van der Waals surface area contributed by atoms with Crippen molar-refractivity contribution in [3.63, 3.8) is 0 Å². The van der Waals surface area contributed by atoms with Gasteiger partial charge in [0.2, 0.25) is 0 Å². The lowest BCUT2D eigenvalue weighted by Gasteiger charge is -2.09. The molecule has 54 valence electrons. The van der Waals surface area contributed by atoms with Crippen LogP contribution in [-0.2, 0) is 4.74 Å². The second-order valence-corrected chi connectivity index (χ2v) is 1.57. The van der Waals surface area contributed by atoms with Crippen molar-refractivity contribution < 1.29 is 9.53 Å². The van der Waals surface area contributed by atoms with Gasteiger partial charge in [0.1, 0.15) is 6.17 Å². The van der Waals surface area contributed by atoms with Gasteiger partial charge in [-0.1, -0.05) is 0 Å². The first-order valence-corrected chi connectivity index (χ1v) is 2.47. The highest BCUT2D eigenvalue weighted by atomic mass is 16.5. The molecule has 0 saturated carbocycles. The van der Waals surface area contributed by atoms with Gasteiger partial charge < -0.3 is 21.5 Å². The third-order valence-corrected chi connectivity index (χ3v) is 0.674. The molecular formula is C4H11N3O2. The zero-order valence-corrected chi connectivity index (χ0v) is 5.26. The van der Waals surface area contributed by atoms with Gasteiger partial charge in [-0.15, -0.1) is 0 Å². The Morgan fingerprint density at radius 3 is 2.78 bits per heavy atom. The molecule has 0 aliphatic carbocycles. The van der Waals surface area contributed by atoms with Crippen LogP contribution in [0.25, 0.3) is 0 Å². The summed E-state index contributed by atoms with van der Waals surface area (Å²) in [5.41, 5.74) is 9.99. The molecule has 0 heterocycles. The van der Waals surface area contributed by atoms with Crippen molar-refractivity contribution in [1.29, 1.82) is 0 Å². The molecule has 2 amide bonds. The number of ether oxygens (including phenoxy) is 1. The highest BCUT2D eigenvalue weighted by Gasteiger charge is 2.00. The van der Waals surface area contributed by atoms with E-state index in [0.29, 0.717) is 0 Å². The van der Waals surface area contributed by atoms with Crippen molar-refractivity contribution in [2.75, 3.05) is 13.7 Å². The van der Waals surface area contributed by atoms with E-state index in [0.717, 1.165) is 0 Å². The number of hydrogen-bond donors (Lipinski definition) is 3. The van der Waals surface area contributed by atoms with Crippen molar-refractivity contribution in [3.05, 3.63) is 0 Å². The van der Waals surface area contributed by atoms with Gasteiger partial charge in [0, 0.05) is 7.11 Å². The Morgan fingerprint density at radius 2 is 2.44 bits per heavy atom. The average molecular weight is 133 g/mol. The minimum atomic E-state index is -0.639. The van der Waals surface area contributed by atoms with Gasteiger partial charge in [0.15, 0.2) is 0 Å². The summed E-state index contributed by atoms with van der Waals surface area (Å²) in [5.74, 6) is 0. The summed E-state index contributed by atoms with van der Waals surface area (Å²) in [4.78, 5) is 10.1. The summed E-state index contributed by atoms with van der Waals surface area (Å²) in [5, 5.41) is 2.24. The topological polar surface area (TPSA) is 90.4 Å². The molecule has 0 aromatic heterocycles. The summed E-state index contributed by atoms with van der Waals surface area (Å²) < 4.78 is 4.61. The lowest BCUT2D eigenvalue weighted by Crippen LogP contribution is -2.46. The van der Waals surface area contributed by atoms with Gasteiger partial charge in [-0.05, 0) is 0 Å². The molecule has 0 rings (SSSR count). The fourth-order valence-electron chi connectivity index (χ4n) is 0.404. The predicted octanol–water partition coefficient (Wildman–Crippen LogP) is -1.41. The largest absolute Gasteiger partial charge is 0.381 e. The van der Waals surface area contributed by atoms with E-state index in [1.165, 1.54) is 7.11 Å². The number of nitrogens with two attached hydrogens (primary N) is 2. The zero-order chi connectivity index (χ0) is 7.28. The smallest absolute Gasteiger partial charge is 0.313 e. The second-order valence-electron chi connectivity index (χ2n) is 1.57. The molecule has 1 unspecified atom stereocenters. The van der Waals surface area contributed by atoms with Crippen LogP contribution in [0.2, 0.25) is 0 Å². The molecule has 0 bridgehead atoms. The quantitative estimate of drug-likeness (QED) is 0.413. The third-order valence-electron chi connectivity index (χ3n) is 0.674. The Hall–Kier alpha value is -0.810. The van der Waals surface area contributed by atoms with Crippen LogP contribution in [0.4, 0.5) is 4.79 Å². The van der Waals surface area contributed by atoms with Crippen molar-refractivity contribution in [1.82, 2.24) is 5.32 Å². The fourth-order valence-corrected chi connectivity index (χ4v) is 0.404. The maximum absolute atomic E-state index is 10.1. The number of carbonyl (C=O) groups excluding carboxylic acids is 1. The van der Waals surface area contributed by atoms with E-state index in [1.807, 2.05) is 0 Å². The number of rotatable bonds is 3. The van der Waals surface area contributed by atoms with E-state index >= 15 is 0 Å². The zero-order valence-electron chi connectivity index (χ0n) is 5.26. The molecule has 0 aliphatic heterocycles. The minimum Gasteiger partial charge on any atom is -0.381 e. The van der Waals surface area contributed by atoms with Crippen LogP contribution in [0.15, 0.2) is 0 Å². The van der Waals surface area contributed by atoms with E-state index in [4.69, 9.17) is 11.5 Å². The Kier molecular flexibility index (Phi) is 3.74. The second kappa shape index (κ2) is 4.11. The van der Waals surface area contributed by atoms with Gasteiger partial charge >= 0.3 is 6.03 Å². The Labute approximate surface area is 53.3 Å². The molecular weight excluding hydrogens is 122 g/mol. The van der Waals surface area contributed by atoms with Gasteiger partial charge in [0.25, 0.3) is 0 Å². The Balaban J connectivity index is 3.26. The molecule has 5 heteroatoms. The summed E-state index contributed by atoms with van der Waals surface area (Å²) in [6.45, 7) is 0.267. The highest BCUT2D eigenvalue weighted by molar-refractivity contribution is 5.71. The molecule has 0 aromatic rings. The Bertz CT molecular complexity index is 95.8. The van der Waals surface area contributed by atoms with Crippen LogP contribution < -0.4 is 16.8 Å². The van der Waals surface area contributed by atoms with Crippen LogP contribution in [0.5, 0.6) is 0 Å². The first-order chi connectivity index (χ1) is 4.16. The van der Waals surface area contributed by atoms with E-state index < -0.39 is 12.2 Å². The molecule has 0 saturated heterocycles. The predicted molar refractivity (Wildman–Crippen MR) is 32.6 cm³/mol. The first kappa shape index (κ1) is 8.19. The summed E-state index contributed by atoms with van der Waals surface area (Å²) in [6.07, 6.45) is -0.507. The first-order valence-electron chi connectivity index (χ1n) is 2.47. The number of methoxy groups -OCH3 is 1. The molecule has 9 heavy (non-hydrogen) atoms. The van der Waals surface area contributed by atoms with Crippen molar-refractivity contribution in [3.8, 4) is 0 Å². The number of nitrogens with one attached hydrogen (secondary N) is 1. The summed E-state index contributed by atoms with van der Waals surface area (Å²) >= 11 is 0. The van der Waals surface area contributed by atoms with E-state index in [-0.39, 0.29) is 6.61 Å². The number of hydrogen-bond acceptors (Lipinski definition) is 3. The normalized spacial score (nSPS) is 12.7. The number of amides is 2. The lowest BCUT2D eigenvalue weighted by atomic mass is 10.5. The van der Waals surface area contributed by atoms with Crippen molar-refractivity contribution in [2.24, 2.45) is 11.5 Å². The van der Waals surface area contributed by atoms with E-state index in [9.17, 15) is 4.79 Å². The van der Waals surface area contributed by atoms with Crippen LogP contribution in [0.3, 0.4) is 0 Å². The Morgan fingerprint density at radius 1 is 1.89 bits per heavy atom. The highest BCUT2D eigenvalue weighted by Crippen LogP contribution is 1.71. The lowest BCUT2D eigenvalue weighted by molar-refractivity contribution is 0.169.